The number of benzene rings is 1. The molecule has 0 spiro atoms. The molecule has 0 bridgehead atoms. The van der Waals surface area contributed by atoms with Crippen molar-refractivity contribution in [3.63, 3.8) is 0 Å². The Balaban J connectivity index is 1.59. The molecule has 0 aromatic heterocycles. The Morgan fingerprint density at radius 3 is 2.47 bits per heavy atom. The maximum absolute atomic E-state index is 5.81. The van der Waals surface area contributed by atoms with Crippen LogP contribution in [0.4, 0.5) is 0 Å². The number of alkyl halides is 1. The average Bonchev–Trinajstić information content (AvgIpc) is 3.19. The van der Waals surface area contributed by atoms with Gasteiger partial charge in [-0.3, -0.25) is 0 Å². The average molecular weight is 284 g/mol. The van der Waals surface area contributed by atoms with Crippen LogP contribution in [-0.4, -0.2) is 32.7 Å². The normalized spacial score (nSPS) is 16.1. The Bertz CT molecular complexity index is 376. The van der Waals surface area contributed by atoms with Gasteiger partial charge in [0.1, 0.15) is 18.1 Å². The van der Waals surface area contributed by atoms with Crippen molar-refractivity contribution in [1.29, 1.82) is 0 Å². The molecule has 2 rings (SSSR count). The predicted octanol–water partition coefficient (Wildman–Crippen LogP) is 3.07. The lowest BCUT2D eigenvalue weighted by atomic mass is 10.0. The summed E-state index contributed by atoms with van der Waals surface area (Å²) in [5.74, 6) is 2.50. The van der Waals surface area contributed by atoms with E-state index in [1.165, 1.54) is 12.8 Å². The van der Waals surface area contributed by atoms with Crippen molar-refractivity contribution in [3.05, 3.63) is 24.3 Å². The first-order valence-electron chi connectivity index (χ1n) is 6.82. The molecule has 1 N–H and O–H groups in total. The summed E-state index contributed by atoms with van der Waals surface area (Å²) in [4.78, 5) is 0. The molecular weight excluding hydrogens is 262 g/mol. The zero-order chi connectivity index (χ0) is 13.6. The van der Waals surface area contributed by atoms with E-state index < -0.39 is 0 Å². The molecule has 1 fully saturated rings. The van der Waals surface area contributed by atoms with Gasteiger partial charge in [-0.2, -0.15) is 0 Å². The number of methoxy groups -OCH3 is 1. The lowest BCUT2D eigenvalue weighted by Gasteiger charge is -2.14. The molecule has 1 aromatic carbocycles. The molecule has 1 saturated carbocycles. The molecule has 106 valence electrons. The van der Waals surface area contributed by atoms with E-state index in [4.69, 9.17) is 21.1 Å². The van der Waals surface area contributed by atoms with E-state index in [0.717, 1.165) is 36.9 Å². The molecule has 0 unspecified atom stereocenters. The summed E-state index contributed by atoms with van der Waals surface area (Å²) >= 11 is 5.81. The maximum Gasteiger partial charge on any atom is 0.119 e. The standard InChI is InChI=1S/C15H22ClNO2/c1-18-13-2-4-14(5-3-13)19-11-10-17-12-15(6-7-15)8-9-16/h2-5,17H,6-12H2,1H3. The van der Waals surface area contributed by atoms with Crippen LogP contribution in [-0.2, 0) is 0 Å². The second kappa shape index (κ2) is 7.01. The highest BCUT2D eigenvalue weighted by molar-refractivity contribution is 6.17. The van der Waals surface area contributed by atoms with Crippen LogP contribution in [0.2, 0.25) is 0 Å². The summed E-state index contributed by atoms with van der Waals surface area (Å²) in [6, 6.07) is 7.66. The van der Waals surface area contributed by atoms with Gasteiger partial charge in [0.05, 0.1) is 7.11 Å². The zero-order valence-corrected chi connectivity index (χ0v) is 12.2. The molecule has 0 amide bonds. The van der Waals surface area contributed by atoms with E-state index in [0.29, 0.717) is 12.0 Å². The highest BCUT2D eigenvalue weighted by Crippen LogP contribution is 2.48. The van der Waals surface area contributed by atoms with Gasteiger partial charge in [0, 0.05) is 19.0 Å². The van der Waals surface area contributed by atoms with E-state index in [1.807, 2.05) is 24.3 Å². The highest BCUT2D eigenvalue weighted by Gasteiger charge is 2.40. The fourth-order valence-electron chi connectivity index (χ4n) is 2.16. The Hall–Kier alpha value is -0.930. The van der Waals surface area contributed by atoms with Crippen molar-refractivity contribution in [1.82, 2.24) is 5.32 Å². The Morgan fingerprint density at radius 1 is 1.21 bits per heavy atom. The minimum atomic E-state index is 0.488. The van der Waals surface area contributed by atoms with Crippen LogP contribution >= 0.6 is 11.6 Å². The maximum atomic E-state index is 5.81. The van der Waals surface area contributed by atoms with Crippen LogP contribution in [0.15, 0.2) is 24.3 Å². The fraction of sp³-hybridized carbons (Fsp3) is 0.600. The lowest BCUT2D eigenvalue weighted by Crippen LogP contribution is -2.28. The van der Waals surface area contributed by atoms with Gasteiger partial charge in [-0.05, 0) is 48.9 Å². The largest absolute Gasteiger partial charge is 0.497 e. The van der Waals surface area contributed by atoms with Gasteiger partial charge in [0.15, 0.2) is 0 Å². The number of ether oxygens (including phenoxy) is 2. The third-order valence-electron chi connectivity index (χ3n) is 3.69. The summed E-state index contributed by atoms with van der Waals surface area (Å²) in [5, 5.41) is 3.46. The van der Waals surface area contributed by atoms with Gasteiger partial charge in [-0.25, -0.2) is 0 Å². The van der Waals surface area contributed by atoms with Gasteiger partial charge in [-0.1, -0.05) is 0 Å². The summed E-state index contributed by atoms with van der Waals surface area (Å²) < 4.78 is 10.8. The molecule has 0 atom stereocenters. The molecule has 0 aliphatic heterocycles. The van der Waals surface area contributed by atoms with Crippen molar-refractivity contribution in [2.45, 2.75) is 19.3 Å². The Kier molecular flexibility index (Phi) is 5.34. The van der Waals surface area contributed by atoms with E-state index in [2.05, 4.69) is 5.32 Å². The third-order valence-corrected chi connectivity index (χ3v) is 3.88. The van der Waals surface area contributed by atoms with Crippen LogP contribution in [0.1, 0.15) is 19.3 Å². The van der Waals surface area contributed by atoms with Crippen molar-refractivity contribution in [2.75, 3.05) is 32.7 Å². The van der Waals surface area contributed by atoms with Crippen LogP contribution in [0.3, 0.4) is 0 Å². The topological polar surface area (TPSA) is 30.5 Å². The first-order chi connectivity index (χ1) is 9.28. The molecule has 0 radical (unpaired) electrons. The van der Waals surface area contributed by atoms with Crippen LogP contribution < -0.4 is 14.8 Å². The van der Waals surface area contributed by atoms with Crippen molar-refractivity contribution in [3.8, 4) is 11.5 Å². The quantitative estimate of drug-likeness (QED) is 0.558. The summed E-state index contributed by atoms with van der Waals surface area (Å²) in [6.45, 7) is 2.62. The Morgan fingerprint density at radius 2 is 1.89 bits per heavy atom. The SMILES string of the molecule is COc1ccc(OCCNCC2(CCCl)CC2)cc1. The summed E-state index contributed by atoms with van der Waals surface area (Å²) in [6.07, 6.45) is 3.75. The van der Waals surface area contributed by atoms with Gasteiger partial charge in [0.2, 0.25) is 0 Å². The van der Waals surface area contributed by atoms with Gasteiger partial charge in [-0.15, -0.1) is 11.6 Å². The first kappa shape index (κ1) is 14.5. The molecule has 1 aliphatic carbocycles. The van der Waals surface area contributed by atoms with Crippen LogP contribution in [0.5, 0.6) is 11.5 Å². The molecule has 19 heavy (non-hydrogen) atoms. The second-order valence-corrected chi connectivity index (χ2v) is 5.52. The number of rotatable bonds is 9. The number of hydrogen-bond donors (Lipinski definition) is 1. The molecule has 1 aromatic rings. The minimum absolute atomic E-state index is 0.488. The molecule has 3 nitrogen and oxygen atoms in total. The monoisotopic (exact) mass is 283 g/mol. The molecule has 0 heterocycles. The second-order valence-electron chi connectivity index (χ2n) is 5.14. The van der Waals surface area contributed by atoms with Crippen molar-refractivity contribution >= 4 is 11.6 Å². The van der Waals surface area contributed by atoms with Crippen molar-refractivity contribution < 1.29 is 9.47 Å². The fourth-order valence-corrected chi connectivity index (χ4v) is 2.56. The van der Waals surface area contributed by atoms with E-state index in [1.54, 1.807) is 7.11 Å². The lowest BCUT2D eigenvalue weighted by molar-refractivity contribution is 0.305. The highest BCUT2D eigenvalue weighted by atomic mass is 35.5. The van der Waals surface area contributed by atoms with Crippen LogP contribution in [0.25, 0.3) is 0 Å². The van der Waals surface area contributed by atoms with E-state index in [9.17, 15) is 0 Å². The van der Waals surface area contributed by atoms with Crippen LogP contribution in [0, 0.1) is 5.41 Å². The molecule has 4 heteroatoms. The number of hydrogen-bond acceptors (Lipinski definition) is 3. The molecule has 1 aliphatic rings. The Labute approximate surface area is 120 Å². The molecule has 0 saturated heterocycles. The van der Waals surface area contributed by atoms with E-state index in [-0.39, 0.29) is 0 Å². The third kappa shape index (κ3) is 4.59. The van der Waals surface area contributed by atoms with E-state index >= 15 is 0 Å². The first-order valence-corrected chi connectivity index (χ1v) is 7.35. The summed E-state index contributed by atoms with van der Waals surface area (Å²) in [7, 11) is 1.66. The number of halogens is 1. The smallest absolute Gasteiger partial charge is 0.119 e. The predicted molar refractivity (Wildman–Crippen MR) is 78.4 cm³/mol. The molecular formula is C15H22ClNO2. The zero-order valence-electron chi connectivity index (χ0n) is 11.5. The van der Waals surface area contributed by atoms with Gasteiger partial charge in [0.25, 0.3) is 0 Å². The van der Waals surface area contributed by atoms with Crippen molar-refractivity contribution in [2.24, 2.45) is 5.41 Å². The van der Waals surface area contributed by atoms with Gasteiger partial charge >= 0.3 is 0 Å². The summed E-state index contributed by atoms with van der Waals surface area (Å²) in [5.41, 5.74) is 0.488. The number of nitrogens with one attached hydrogen (secondary N) is 1. The minimum Gasteiger partial charge on any atom is -0.497 e. The van der Waals surface area contributed by atoms with Gasteiger partial charge < -0.3 is 14.8 Å².